The van der Waals surface area contributed by atoms with Crippen LogP contribution in [0.15, 0.2) is 5.16 Å². The van der Waals surface area contributed by atoms with Crippen molar-refractivity contribution < 1.29 is 27.0 Å². The number of ether oxygens (including phenoxy) is 1. The zero-order chi connectivity index (χ0) is 17.9. The van der Waals surface area contributed by atoms with Crippen LogP contribution in [0.2, 0.25) is 0 Å². The number of hydrogen-bond acceptors (Lipinski definition) is 8. The molecule has 134 valence electrons. The summed E-state index contributed by atoms with van der Waals surface area (Å²) in [6.45, 7) is 5.37. The lowest BCUT2D eigenvalue weighted by Gasteiger charge is -2.28. The zero-order valence-corrected chi connectivity index (χ0v) is 15.0. The molecule has 1 fully saturated rings. The molecule has 1 aliphatic heterocycles. The minimum atomic E-state index is -3.65. The van der Waals surface area contributed by atoms with E-state index in [2.05, 4.69) is 5.16 Å². The molecular weight excluding hydrogens is 326 g/mol. The summed E-state index contributed by atoms with van der Waals surface area (Å²) < 4.78 is 32.8. The van der Waals surface area contributed by atoms with Crippen molar-refractivity contribution in [3.05, 3.63) is 0 Å². The largest absolute Gasteiger partial charge is 0.444 e. The van der Waals surface area contributed by atoms with Crippen molar-refractivity contribution >= 4 is 21.9 Å². The number of rotatable bonds is 5. The number of nitrogens with two attached hydrogens (primary N) is 1. The maximum absolute atomic E-state index is 12.2. The highest BCUT2D eigenvalue weighted by atomic mass is 32.2. The molecule has 0 bridgehead atoms. The average molecular weight is 351 g/mol. The summed E-state index contributed by atoms with van der Waals surface area (Å²) in [4.78, 5) is 18.4. The van der Waals surface area contributed by atoms with Crippen LogP contribution in [0.3, 0.4) is 0 Å². The van der Waals surface area contributed by atoms with Gasteiger partial charge in [-0.05, 0) is 20.8 Å². The summed E-state index contributed by atoms with van der Waals surface area (Å²) in [7, 11) is -2.29. The Morgan fingerprint density at radius 1 is 1.43 bits per heavy atom. The Morgan fingerprint density at radius 2 is 2.04 bits per heavy atom. The van der Waals surface area contributed by atoms with Crippen LogP contribution in [0, 0.1) is 5.41 Å². The van der Waals surface area contributed by atoms with Crippen molar-refractivity contribution in [2.45, 2.75) is 26.4 Å². The highest BCUT2D eigenvalue weighted by Crippen LogP contribution is 2.30. The quantitative estimate of drug-likeness (QED) is 0.553. The highest BCUT2D eigenvalue weighted by Gasteiger charge is 2.47. The van der Waals surface area contributed by atoms with Crippen LogP contribution in [-0.4, -0.2) is 70.3 Å². The third-order valence-corrected chi connectivity index (χ3v) is 3.79. The fourth-order valence-corrected chi connectivity index (χ4v) is 2.58. The maximum atomic E-state index is 12.2. The van der Waals surface area contributed by atoms with Crippen molar-refractivity contribution in [2.75, 3.05) is 39.6 Å². The monoisotopic (exact) mass is 351 g/mol. The van der Waals surface area contributed by atoms with Gasteiger partial charge in [0.05, 0.1) is 30.5 Å². The normalized spacial score (nSPS) is 24.1. The molecule has 1 rings (SSSR count). The van der Waals surface area contributed by atoms with E-state index in [-0.39, 0.29) is 26.2 Å². The van der Waals surface area contributed by atoms with Gasteiger partial charge in [0.25, 0.3) is 10.1 Å². The van der Waals surface area contributed by atoms with Gasteiger partial charge in [0.2, 0.25) is 0 Å². The Balaban J connectivity index is 3.00. The second-order valence-corrected chi connectivity index (χ2v) is 8.15. The number of carbonyl (C=O) groups is 1. The molecule has 0 aromatic rings. The maximum Gasteiger partial charge on any atom is 0.410 e. The number of likely N-dealkylation sites (tertiary alicyclic amines) is 1. The molecule has 0 radical (unpaired) electrons. The van der Waals surface area contributed by atoms with E-state index in [1.54, 1.807) is 20.8 Å². The van der Waals surface area contributed by atoms with Crippen LogP contribution in [0.4, 0.5) is 4.79 Å². The molecule has 2 N–H and O–H groups in total. The van der Waals surface area contributed by atoms with Gasteiger partial charge in [-0.25, -0.2) is 4.79 Å². The topological polar surface area (TPSA) is 121 Å². The minimum absolute atomic E-state index is 0.0456. The number of nitrogens with zero attached hydrogens (tertiary/aromatic N) is 2. The first-order valence-corrected chi connectivity index (χ1v) is 8.87. The predicted molar refractivity (Wildman–Crippen MR) is 84.5 cm³/mol. The van der Waals surface area contributed by atoms with Crippen LogP contribution in [0.25, 0.3) is 0 Å². The van der Waals surface area contributed by atoms with E-state index in [1.165, 1.54) is 12.0 Å². The van der Waals surface area contributed by atoms with Gasteiger partial charge in [0.1, 0.15) is 12.7 Å². The number of hydrogen-bond donors (Lipinski definition) is 1. The van der Waals surface area contributed by atoms with E-state index in [1.807, 2.05) is 0 Å². The van der Waals surface area contributed by atoms with Gasteiger partial charge in [0.15, 0.2) is 0 Å². The fourth-order valence-electron chi connectivity index (χ4n) is 2.14. The average Bonchev–Trinajstić information content (AvgIpc) is 2.74. The van der Waals surface area contributed by atoms with Gasteiger partial charge in [-0.2, -0.15) is 8.42 Å². The van der Waals surface area contributed by atoms with Crippen LogP contribution in [-0.2, 0) is 23.9 Å². The van der Waals surface area contributed by atoms with Crippen molar-refractivity contribution in [3.8, 4) is 0 Å². The lowest BCUT2D eigenvalue weighted by molar-refractivity contribution is 0.0263. The van der Waals surface area contributed by atoms with Gasteiger partial charge in [-0.3, -0.25) is 4.18 Å². The molecule has 1 saturated heterocycles. The molecule has 9 nitrogen and oxygen atoms in total. The number of oxime groups is 1. The van der Waals surface area contributed by atoms with Gasteiger partial charge in [-0.1, -0.05) is 5.16 Å². The van der Waals surface area contributed by atoms with Gasteiger partial charge in [-0.15, -0.1) is 0 Å². The Hall–Kier alpha value is -1.39. The Morgan fingerprint density at radius 3 is 2.48 bits per heavy atom. The molecule has 0 aromatic heterocycles. The van der Waals surface area contributed by atoms with E-state index in [4.69, 9.17) is 19.5 Å². The third-order valence-electron chi connectivity index (χ3n) is 3.24. The van der Waals surface area contributed by atoms with E-state index in [9.17, 15) is 13.2 Å². The fraction of sp³-hybridized carbons (Fsp3) is 0.846. The van der Waals surface area contributed by atoms with Crippen LogP contribution >= 0.6 is 0 Å². The number of carbonyl (C=O) groups excluding carboxylic acids is 1. The minimum Gasteiger partial charge on any atom is -0.444 e. The first kappa shape index (κ1) is 19.7. The lowest BCUT2D eigenvalue weighted by atomic mass is 9.86. The van der Waals surface area contributed by atoms with Gasteiger partial charge >= 0.3 is 6.09 Å². The SMILES string of the molecule is CO/N=C1/CN(C(=O)OC(C)(C)C)CC1(CN)COS(C)(=O)=O. The van der Waals surface area contributed by atoms with Crippen LogP contribution in [0.5, 0.6) is 0 Å². The lowest BCUT2D eigenvalue weighted by Crippen LogP contribution is -2.44. The molecule has 1 amide bonds. The molecule has 0 spiro atoms. The molecule has 10 heteroatoms. The molecule has 0 saturated carbocycles. The Kier molecular flexibility index (Phi) is 6.00. The van der Waals surface area contributed by atoms with E-state index in [0.29, 0.717) is 5.71 Å². The van der Waals surface area contributed by atoms with Crippen molar-refractivity contribution in [2.24, 2.45) is 16.3 Å². The van der Waals surface area contributed by atoms with Crippen LogP contribution < -0.4 is 5.73 Å². The Bertz CT molecular complexity index is 569. The van der Waals surface area contributed by atoms with Crippen molar-refractivity contribution in [1.29, 1.82) is 0 Å². The van der Waals surface area contributed by atoms with Crippen LogP contribution in [0.1, 0.15) is 20.8 Å². The molecular formula is C13H25N3O6S. The molecule has 0 aliphatic carbocycles. The molecule has 1 atom stereocenters. The third kappa shape index (κ3) is 5.63. The summed E-state index contributed by atoms with van der Waals surface area (Å²) in [6, 6.07) is 0. The second-order valence-electron chi connectivity index (χ2n) is 6.51. The number of amides is 1. The zero-order valence-electron chi connectivity index (χ0n) is 14.2. The second kappa shape index (κ2) is 7.02. The smallest absolute Gasteiger partial charge is 0.410 e. The van der Waals surface area contributed by atoms with Gasteiger partial charge in [0, 0.05) is 13.1 Å². The van der Waals surface area contributed by atoms with E-state index in [0.717, 1.165) is 6.26 Å². The van der Waals surface area contributed by atoms with E-state index < -0.39 is 27.2 Å². The standard InChI is InChI=1S/C13H25N3O6S/c1-12(2,3)22-11(17)16-6-10(15-20-4)13(7-14,8-16)9-21-23(5,18)19/h6-9,14H2,1-5H3/b15-10-. The molecule has 23 heavy (non-hydrogen) atoms. The molecule has 1 unspecified atom stereocenters. The first-order valence-electron chi connectivity index (χ1n) is 7.05. The molecule has 1 aliphatic rings. The van der Waals surface area contributed by atoms with Crippen molar-refractivity contribution in [3.63, 3.8) is 0 Å². The first-order chi connectivity index (χ1) is 10.4. The summed E-state index contributed by atoms with van der Waals surface area (Å²) >= 11 is 0. The summed E-state index contributed by atoms with van der Waals surface area (Å²) in [5.74, 6) is 0. The summed E-state index contributed by atoms with van der Waals surface area (Å²) in [6.07, 6.45) is 0.418. The van der Waals surface area contributed by atoms with Crippen molar-refractivity contribution in [1.82, 2.24) is 4.90 Å². The highest BCUT2D eigenvalue weighted by molar-refractivity contribution is 7.85. The predicted octanol–water partition coefficient (Wildman–Crippen LogP) is 0.161. The van der Waals surface area contributed by atoms with E-state index >= 15 is 0 Å². The summed E-state index contributed by atoms with van der Waals surface area (Å²) in [5.41, 5.74) is 4.68. The Labute approximate surface area is 136 Å². The van der Waals surface area contributed by atoms with Gasteiger partial charge < -0.3 is 20.2 Å². The molecule has 1 heterocycles. The summed E-state index contributed by atoms with van der Waals surface area (Å²) in [5, 5.41) is 3.89. The molecule has 0 aromatic carbocycles.